The van der Waals surface area contributed by atoms with Gasteiger partial charge in [-0.1, -0.05) is 17.8 Å². The lowest BCUT2D eigenvalue weighted by atomic mass is 10.1. The Morgan fingerprint density at radius 2 is 2.28 bits per heavy atom. The summed E-state index contributed by atoms with van der Waals surface area (Å²) in [4.78, 5) is 5.44. The summed E-state index contributed by atoms with van der Waals surface area (Å²) in [6.07, 6.45) is 7.57. The summed E-state index contributed by atoms with van der Waals surface area (Å²) in [6.45, 7) is 2.14. The van der Waals surface area contributed by atoms with Crippen LogP contribution in [0.25, 0.3) is 0 Å². The van der Waals surface area contributed by atoms with Crippen molar-refractivity contribution < 1.29 is 0 Å². The molecule has 1 atom stereocenters. The molecular formula is C12H19N5S. The van der Waals surface area contributed by atoms with Crippen molar-refractivity contribution in [3.63, 3.8) is 0 Å². The topological polar surface area (TPSA) is 69.6 Å². The molecule has 0 aliphatic carbocycles. The van der Waals surface area contributed by atoms with Gasteiger partial charge in [0, 0.05) is 31.9 Å². The van der Waals surface area contributed by atoms with E-state index in [-0.39, 0.29) is 6.04 Å². The summed E-state index contributed by atoms with van der Waals surface area (Å²) < 4.78 is 6.05. The van der Waals surface area contributed by atoms with E-state index >= 15 is 0 Å². The number of nitrogens with two attached hydrogens (primary N) is 1. The zero-order chi connectivity index (χ0) is 13.0. The maximum Gasteiger partial charge on any atom is 0.108 e. The Hall–Kier alpha value is -1.27. The number of rotatable bonds is 6. The summed E-state index contributed by atoms with van der Waals surface area (Å²) in [5, 5.41) is 4.16. The summed E-state index contributed by atoms with van der Waals surface area (Å²) in [5.41, 5.74) is 7.30. The van der Waals surface area contributed by atoms with Crippen LogP contribution < -0.4 is 5.73 Å². The van der Waals surface area contributed by atoms with Crippen LogP contribution in [-0.2, 0) is 19.9 Å². The number of aromatic nitrogens is 4. The van der Waals surface area contributed by atoms with Crippen molar-refractivity contribution in [2.45, 2.75) is 38.6 Å². The van der Waals surface area contributed by atoms with E-state index in [0.717, 1.165) is 42.1 Å². The van der Waals surface area contributed by atoms with Crippen LogP contribution in [0.3, 0.4) is 0 Å². The molecule has 2 aromatic rings. The molecule has 0 aromatic carbocycles. The van der Waals surface area contributed by atoms with E-state index in [1.165, 1.54) is 11.5 Å². The minimum absolute atomic E-state index is 0.0169. The standard InChI is InChI=1S/C12H19N5S/c1-3-4-10-12(18-16-15-10)9(13)5-6-11-14-7-8-17(11)2/h7-9H,3-6,13H2,1-2H3. The van der Waals surface area contributed by atoms with Crippen LogP contribution in [0.5, 0.6) is 0 Å². The van der Waals surface area contributed by atoms with Crippen molar-refractivity contribution in [3.05, 3.63) is 28.8 Å². The van der Waals surface area contributed by atoms with Crippen LogP contribution in [0.2, 0.25) is 0 Å². The predicted molar refractivity (Wildman–Crippen MR) is 72.4 cm³/mol. The Kier molecular flexibility index (Phi) is 4.43. The lowest BCUT2D eigenvalue weighted by Gasteiger charge is -2.10. The van der Waals surface area contributed by atoms with Crippen molar-refractivity contribution in [1.29, 1.82) is 0 Å². The first kappa shape index (κ1) is 13.2. The average Bonchev–Trinajstić information content (AvgIpc) is 2.96. The van der Waals surface area contributed by atoms with E-state index in [2.05, 4.69) is 21.5 Å². The van der Waals surface area contributed by atoms with Gasteiger partial charge in [-0.25, -0.2) is 4.98 Å². The van der Waals surface area contributed by atoms with Gasteiger partial charge in [-0.3, -0.25) is 0 Å². The van der Waals surface area contributed by atoms with Gasteiger partial charge < -0.3 is 10.3 Å². The molecule has 0 spiro atoms. The molecule has 2 aromatic heterocycles. The van der Waals surface area contributed by atoms with Crippen molar-refractivity contribution in [3.8, 4) is 0 Å². The fourth-order valence-electron chi connectivity index (χ4n) is 1.96. The Labute approximate surface area is 111 Å². The van der Waals surface area contributed by atoms with Crippen LogP contribution in [0.1, 0.15) is 42.2 Å². The van der Waals surface area contributed by atoms with Crippen molar-refractivity contribution in [1.82, 2.24) is 19.1 Å². The van der Waals surface area contributed by atoms with Crippen LogP contribution >= 0.6 is 11.5 Å². The highest BCUT2D eigenvalue weighted by molar-refractivity contribution is 7.05. The summed E-state index contributed by atoms with van der Waals surface area (Å²) >= 11 is 1.43. The van der Waals surface area contributed by atoms with Gasteiger partial charge in [0.25, 0.3) is 0 Å². The lowest BCUT2D eigenvalue weighted by Crippen LogP contribution is -2.13. The molecule has 0 aliphatic heterocycles. The third-order valence-corrected chi connectivity index (χ3v) is 3.91. The third-order valence-electron chi connectivity index (χ3n) is 3.01. The second-order valence-electron chi connectivity index (χ2n) is 4.43. The second-order valence-corrected chi connectivity index (χ2v) is 5.22. The first-order valence-electron chi connectivity index (χ1n) is 6.25. The van der Waals surface area contributed by atoms with E-state index in [1.807, 2.05) is 24.0 Å². The highest BCUT2D eigenvalue weighted by atomic mass is 32.1. The number of aryl methyl sites for hydroxylation is 3. The normalized spacial score (nSPS) is 12.8. The van der Waals surface area contributed by atoms with Gasteiger partial charge in [0.1, 0.15) is 5.82 Å². The minimum Gasteiger partial charge on any atom is -0.338 e. The van der Waals surface area contributed by atoms with Gasteiger partial charge in [0.15, 0.2) is 0 Å². The second kappa shape index (κ2) is 6.06. The van der Waals surface area contributed by atoms with Crippen LogP contribution in [0, 0.1) is 0 Å². The molecule has 5 nitrogen and oxygen atoms in total. The third kappa shape index (κ3) is 2.94. The highest BCUT2D eigenvalue weighted by Gasteiger charge is 2.15. The van der Waals surface area contributed by atoms with E-state index in [9.17, 15) is 0 Å². The Morgan fingerprint density at radius 1 is 1.44 bits per heavy atom. The molecule has 2 N–H and O–H groups in total. The van der Waals surface area contributed by atoms with Crippen molar-refractivity contribution >= 4 is 11.5 Å². The summed E-state index contributed by atoms with van der Waals surface area (Å²) in [6, 6.07) is 0.0169. The van der Waals surface area contributed by atoms with E-state index in [4.69, 9.17) is 5.73 Å². The fourth-order valence-corrected chi connectivity index (χ4v) is 2.69. The van der Waals surface area contributed by atoms with Gasteiger partial charge in [-0.2, -0.15) is 0 Å². The molecule has 2 heterocycles. The molecule has 0 amide bonds. The van der Waals surface area contributed by atoms with Gasteiger partial charge >= 0.3 is 0 Å². The van der Waals surface area contributed by atoms with Crippen LogP contribution in [0.15, 0.2) is 12.4 Å². The molecule has 0 saturated heterocycles. The van der Waals surface area contributed by atoms with Gasteiger partial charge in [-0.05, 0) is 24.4 Å². The zero-order valence-electron chi connectivity index (χ0n) is 10.8. The molecule has 1 unspecified atom stereocenters. The maximum atomic E-state index is 6.23. The number of nitrogens with zero attached hydrogens (tertiary/aromatic N) is 4. The number of imidazole rings is 1. The highest BCUT2D eigenvalue weighted by Crippen LogP contribution is 2.23. The smallest absolute Gasteiger partial charge is 0.108 e. The summed E-state index contributed by atoms with van der Waals surface area (Å²) in [5.74, 6) is 1.07. The first-order chi connectivity index (χ1) is 8.72. The predicted octanol–water partition coefficient (Wildman–Crippen LogP) is 1.86. The quantitative estimate of drug-likeness (QED) is 0.865. The number of hydrogen-bond acceptors (Lipinski definition) is 5. The molecule has 0 bridgehead atoms. The minimum atomic E-state index is 0.0169. The van der Waals surface area contributed by atoms with E-state index < -0.39 is 0 Å². The Bertz CT molecular complexity index is 490. The molecular weight excluding hydrogens is 246 g/mol. The van der Waals surface area contributed by atoms with Gasteiger partial charge in [-0.15, -0.1) is 5.10 Å². The first-order valence-corrected chi connectivity index (χ1v) is 7.02. The Morgan fingerprint density at radius 3 is 2.94 bits per heavy atom. The maximum absolute atomic E-state index is 6.23. The largest absolute Gasteiger partial charge is 0.338 e. The van der Waals surface area contributed by atoms with Crippen molar-refractivity contribution in [2.24, 2.45) is 12.8 Å². The number of hydrogen-bond donors (Lipinski definition) is 1. The Balaban J connectivity index is 1.97. The van der Waals surface area contributed by atoms with Crippen LogP contribution in [0.4, 0.5) is 0 Å². The molecule has 0 fully saturated rings. The lowest BCUT2D eigenvalue weighted by molar-refractivity contribution is 0.621. The molecule has 98 valence electrons. The molecule has 0 saturated carbocycles. The zero-order valence-corrected chi connectivity index (χ0v) is 11.7. The SMILES string of the molecule is CCCc1nnsc1C(N)CCc1nccn1C. The monoisotopic (exact) mass is 265 g/mol. The van der Waals surface area contributed by atoms with E-state index in [0.29, 0.717) is 0 Å². The molecule has 18 heavy (non-hydrogen) atoms. The van der Waals surface area contributed by atoms with E-state index in [1.54, 1.807) is 0 Å². The molecule has 2 rings (SSSR count). The molecule has 0 aliphatic rings. The van der Waals surface area contributed by atoms with Gasteiger partial charge in [0.2, 0.25) is 0 Å². The van der Waals surface area contributed by atoms with Gasteiger partial charge in [0.05, 0.1) is 10.6 Å². The molecule has 0 radical (unpaired) electrons. The van der Waals surface area contributed by atoms with Crippen molar-refractivity contribution in [2.75, 3.05) is 0 Å². The molecule has 6 heteroatoms. The average molecular weight is 265 g/mol. The van der Waals surface area contributed by atoms with Crippen LogP contribution in [-0.4, -0.2) is 19.1 Å². The fraction of sp³-hybridized carbons (Fsp3) is 0.583. The summed E-state index contributed by atoms with van der Waals surface area (Å²) in [7, 11) is 2.00.